The lowest BCUT2D eigenvalue weighted by Gasteiger charge is -2.27. The van der Waals surface area contributed by atoms with Gasteiger partial charge in [0, 0.05) is 40.2 Å². The van der Waals surface area contributed by atoms with Crippen molar-refractivity contribution in [2.24, 2.45) is 0 Å². The molecule has 2 aliphatic rings. The molecule has 4 aromatic carbocycles. The van der Waals surface area contributed by atoms with Gasteiger partial charge in [0.05, 0.1) is 16.6 Å². The minimum atomic E-state index is -0.165. The van der Waals surface area contributed by atoms with Crippen molar-refractivity contribution in [3.63, 3.8) is 0 Å². The molecular formula is C29H25N3O2. The molecule has 2 aliphatic heterocycles. The number of benzene rings is 4. The van der Waals surface area contributed by atoms with Crippen molar-refractivity contribution in [2.45, 2.75) is 19.3 Å². The van der Waals surface area contributed by atoms with E-state index < -0.39 is 0 Å². The van der Waals surface area contributed by atoms with Crippen molar-refractivity contribution in [1.82, 2.24) is 14.8 Å². The predicted octanol–water partition coefficient (Wildman–Crippen LogP) is 5.71. The molecule has 34 heavy (non-hydrogen) atoms. The molecule has 1 aromatic heterocycles. The Bertz CT molecular complexity index is 1640. The number of hydrogen-bond donors (Lipinski definition) is 1. The molecule has 0 saturated carbocycles. The van der Waals surface area contributed by atoms with E-state index in [0.29, 0.717) is 17.7 Å². The average Bonchev–Trinajstić information content (AvgIpc) is 3.38. The van der Waals surface area contributed by atoms with Crippen molar-refractivity contribution in [3.05, 3.63) is 71.8 Å². The molecule has 0 bridgehead atoms. The van der Waals surface area contributed by atoms with Crippen LogP contribution in [0.25, 0.3) is 43.4 Å². The molecule has 7 rings (SSSR count). The molecule has 0 unspecified atom stereocenters. The number of rotatable bonds is 3. The van der Waals surface area contributed by atoms with Gasteiger partial charge < -0.3 is 9.88 Å². The van der Waals surface area contributed by atoms with Crippen LogP contribution in [-0.4, -0.2) is 52.8 Å². The molecule has 1 N–H and O–H groups in total. The minimum absolute atomic E-state index is 0.162. The first-order chi connectivity index (χ1) is 16.7. The second-order valence-electron chi connectivity index (χ2n) is 9.54. The van der Waals surface area contributed by atoms with Crippen LogP contribution in [0.5, 0.6) is 0 Å². The zero-order valence-corrected chi connectivity index (χ0v) is 18.9. The predicted molar refractivity (Wildman–Crippen MR) is 136 cm³/mol. The zero-order valence-electron chi connectivity index (χ0n) is 18.9. The SMILES string of the molecule is O=C1c2c(c3c4ccccc4[nH]c3c3ccc4ccccc4c23)C(=O)N1CCN1CCCCC1. The van der Waals surface area contributed by atoms with E-state index in [1.165, 1.54) is 24.2 Å². The van der Waals surface area contributed by atoms with Crippen LogP contribution in [0.1, 0.15) is 40.0 Å². The lowest BCUT2D eigenvalue weighted by Crippen LogP contribution is -2.40. The average molecular weight is 448 g/mol. The van der Waals surface area contributed by atoms with Gasteiger partial charge in [-0.25, -0.2) is 0 Å². The van der Waals surface area contributed by atoms with Crippen LogP contribution < -0.4 is 0 Å². The Morgan fingerprint density at radius 1 is 0.676 bits per heavy atom. The smallest absolute Gasteiger partial charge is 0.262 e. The number of piperidine rings is 1. The number of likely N-dealkylation sites (tertiary alicyclic amines) is 1. The summed E-state index contributed by atoms with van der Waals surface area (Å²) < 4.78 is 0. The molecule has 5 heteroatoms. The van der Waals surface area contributed by atoms with E-state index in [4.69, 9.17) is 0 Å². The Balaban J connectivity index is 1.50. The maximum atomic E-state index is 13.9. The number of amides is 2. The van der Waals surface area contributed by atoms with Gasteiger partial charge in [-0.2, -0.15) is 0 Å². The van der Waals surface area contributed by atoms with Crippen LogP contribution in [0.4, 0.5) is 0 Å². The summed E-state index contributed by atoms with van der Waals surface area (Å²) in [5.74, 6) is -0.327. The third-order valence-corrected chi connectivity index (χ3v) is 7.66. The summed E-state index contributed by atoms with van der Waals surface area (Å²) in [7, 11) is 0. The number of aromatic nitrogens is 1. The fourth-order valence-corrected chi connectivity index (χ4v) is 6.02. The summed E-state index contributed by atoms with van der Waals surface area (Å²) >= 11 is 0. The molecule has 168 valence electrons. The molecule has 3 heterocycles. The molecule has 0 spiro atoms. The van der Waals surface area contributed by atoms with Gasteiger partial charge in [0.15, 0.2) is 0 Å². The standard InChI is InChI=1S/C29H25N3O2/c33-28-25-23-19-9-3-2-8-18(19)12-13-21(23)27-24(20-10-4-5-11-22(20)30-27)26(25)29(34)32(28)17-16-31-14-6-1-7-15-31/h2-5,8-13,30H,1,6-7,14-17H2. The number of imide groups is 1. The number of nitrogens with one attached hydrogen (secondary N) is 1. The van der Waals surface area contributed by atoms with E-state index >= 15 is 0 Å². The maximum Gasteiger partial charge on any atom is 0.262 e. The number of fused-ring (bicyclic) bond motifs is 10. The minimum Gasteiger partial charge on any atom is -0.354 e. The molecule has 5 aromatic rings. The van der Waals surface area contributed by atoms with Gasteiger partial charge in [0.1, 0.15) is 0 Å². The summed E-state index contributed by atoms with van der Waals surface area (Å²) in [6.45, 7) is 3.26. The van der Waals surface area contributed by atoms with Gasteiger partial charge in [-0.15, -0.1) is 0 Å². The molecule has 0 atom stereocenters. The van der Waals surface area contributed by atoms with Crippen molar-refractivity contribution in [1.29, 1.82) is 0 Å². The molecule has 2 amide bonds. The van der Waals surface area contributed by atoms with Gasteiger partial charge in [0.2, 0.25) is 0 Å². The second kappa shape index (κ2) is 7.40. The quantitative estimate of drug-likeness (QED) is 0.285. The van der Waals surface area contributed by atoms with Gasteiger partial charge in [-0.3, -0.25) is 14.5 Å². The van der Waals surface area contributed by atoms with Gasteiger partial charge in [-0.1, -0.05) is 61.0 Å². The first kappa shape index (κ1) is 19.7. The number of nitrogens with zero attached hydrogens (tertiary/aromatic N) is 2. The topological polar surface area (TPSA) is 56.4 Å². The summed E-state index contributed by atoms with van der Waals surface area (Å²) in [5.41, 5.74) is 3.03. The van der Waals surface area contributed by atoms with Crippen LogP contribution in [0.2, 0.25) is 0 Å². The summed E-state index contributed by atoms with van der Waals surface area (Å²) in [6, 6.07) is 20.4. The normalized spacial score (nSPS) is 17.0. The Labute approximate surface area is 196 Å². The van der Waals surface area contributed by atoms with Crippen LogP contribution in [-0.2, 0) is 0 Å². The summed E-state index contributed by atoms with van der Waals surface area (Å²) in [6.07, 6.45) is 3.64. The summed E-state index contributed by atoms with van der Waals surface area (Å²) in [4.78, 5) is 35.2. The highest BCUT2D eigenvalue weighted by Gasteiger charge is 2.40. The maximum absolute atomic E-state index is 13.9. The molecular weight excluding hydrogens is 422 g/mol. The molecule has 0 aliphatic carbocycles. The van der Waals surface area contributed by atoms with Gasteiger partial charge >= 0.3 is 0 Å². The van der Waals surface area contributed by atoms with Crippen molar-refractivity contribution in [2.75, 3.05) is 26.2 Å². The highest BCUT2D eigenvalue weighted by molar-refractivity contribution is 6.39. The van der Waals surface area contributed by atoms with E-state index in [1.54, 1.807) is 0 Å². The number of hydrogen-bond acceptors (Lipinski definition) is 3. The Morgan fingerprint density at radius 3 is 2.21 bits per heavy atom. The molecule has 0 radical (unpaired) electrons. The van der Waals surface area contributed by atoms with E-state index in [2.05, 4.69) is 34.1 Å². The molecule has 1 saturated heterocycles. The van der Waals surface area contributed by atoms with Crippen LogP contribution in [0.15, 0.2) is 60.7 Å². The fraction of sp³-hybridized carbons (Fsp3) is 0.241. The van der Waals surface area contributed by atoms with Gasteiger partial charge in [0.25, 0.3) is 11.8 Å². The van der Waals surface area contributed by atoms with E-state index in [9.17, 15) is 9.59 Å². The van der Waals surface area contributed by atoms with Crippen molar-refractivity contribution < 1.29 is 9.59 Å². The van der Waals surface area contributed by atoms with E-state index in [-0.39, 0.29) is 11.8 Å². The second-order valence-corrected chi connectivity index (χ2v) is 9.54. The van der Waals surface area contributed by atoms with E-state index in [1.807, 2.05) is 36.4 Å². The monoisotopic (exact) mass is 447 g/mol. The van der Waals surface area contributed by atoms with Crippen LogP contribution in [0, 0.1) is 0 Å². The molecule has 5 nitrogen and oxygen atoms in total. The van der Waals surface area contributed by atoms with Crippen molar-refractivity contribution in [3.8, 4) is 0 Å². The Hall–Kier alpha value is -3.70. The summed E-state index contributed by atoms with van der Waals surface area (Å²) in [5, 5.41) is 5.80. The highest BCUT2D eigenvalue weighted by atomic mass is 16.2. The fourth-order valence-electron chi connectivity index (χ4n) is 6.02. The number of carbonyl (C=O) groups is 2. The van der Waals surface area contributed by atoms with E-state index in [0.717, 1.165) is 63.0 Å². The highest BCUT2D eigenvalue weighted by Crippen LogP contribution is 2.43. The number of H-pyrrole nitrogens is 1. The number of carbonyl (C=O) groups excluding carboxylic acids is 2. The Kier molecular flexibility index (Phi) is 4.30. The lowest BCUT2D eigenvalue weighted by molar-refractivity contribution is 0.0633. The number of para-hydroxylation sites is 1. The molecule has 1 fully saturated rings. The zero-order chi connectivity index (χ0) is 22.8. The van der Waals surface area contributed by atoms with Crippen molar-refractivity contribution >= 4 is 55.2 Å². The first-order valence-electron chi connectivity index (χ1n) is 12.2. The lowest BCUT2D eigenvalue weighted by atomic mass is 9.91. The largest absolute Gasteiger partial charge is 0.354 e. The number of aromatic amines is 1. The van der Waals surface area contributed by atoms with Crippen LogP contribution >= 0.6 is 0 Å². The third-order valence-electron chi connectivity index (χ3n) is 7.66. The first-order valence-corrected chi connectivity index (χ1v) is 12.2. The van der Waals surface area contributed by atoms with Crippen LogP contribution in [0.3, 0.4) is 0 Å². The third kappa shape index (κ3) is 2.71. The van der Waals surface area contributed by atoms with Gasteiger partial charge in [-0.05, 0) is 42.8 Å². The Morgan fingerprint density at radius 2 is 1.38 bits per heavy atom.